The summed E-state index contributed by atoms with van der Waals surface area (Å²) in [7, 11) is 0. The van der Waals surface area contributed by atoms with Crippen LogP contribution in [-0.4, -0.2) is 40.4 Å². The molecule has 0 spiro atoms. The topological polar surface area (TPSA) is 67.1 Å². The molecule has 0 aromatic carbocycles. The first kappa shape index (κ1) is 20.4. The number of aryl methyl sites for hydroxylation is 4. The van der Waals surface area contributed by atoms with Crippen LogP contribution in [0.1, 0.15) is 40.8 Å². The molecule has 2 heterocycles. The van der Waals surface area contributed by atoms with E-state index >= 15 is 0 Å². The van der Waals surface area contributed by atoms with Crippen LogP contribution in [0, 0.1) is 33.6 Å². The maximum Gasteiger partial charge on any atom is 0.191 e. The first-order valence-corrected chi connectivity index (χ1v) is 10.2. The molecular weight excluding hydrogens is 344 g/mol. The van der Waals surface area contributed by atoms with Crippen LogP contribution < -0.4 is 10.6 Å². The number of thiazole rings is 1. The maximum absolute atomic E-state index is 4.74. The molecule has 0 aliphatic rings. The molecule has 2 rings (SSSR count). The van der Waals surface area contributed by atoms with Gasteiger partial charge in [-0.3, -0.25) is 9.67 Å². The Morgan fingerprint density at radius 3 is 2.62 bits per heavy atom. The summed E-state index contributed by atoms with van der Waals surface area (Å²) in [6.07, 6.45) is 0.922. The van der Waals surface area contributed by atoms with E-state index in [1.807, 2.05) is 6.92 Å². The normalized spacial score (nSPS) is 13.1. The average molecular weight is 377 g/mol. The molecule has 0 bridgehead atoms. The molecule has 0 fully saturated rings. The second kappa shape index (κ2) is 9.71. The highest BCUT2D eigenvalue weighted by Gasteiger charge is 2.08. The van der Waals surface area contributed by atoms with Crippen LogP contribution in [0.15, 0.2) is 11.1 Å². The van der Waals surface area contributed by atoms with E-state index in [4.69, 9.17) is 4.99 Å². The Bertz CT molecular complexity index is 711. The molecule has 0 amide bonds. The van der Waals surface area contributed by atoms with Gasteiger partial charge < -0.3 is 10.6 Å². The Kier molecular flexibility index (Phi) is 7.63. The van der Waals surface area contributed by atoms with E-state index in [0.717, 1.165) is 49.9 Å². The number of rotatable bonds is 8. The van der Waals surface area contributed by atoms with Gasteiger partial charge in [0.05, 0.1) is 16.4 Å². The van der Waals surface area contributed by atoms with Gasteiger partial charge in [-0.25, -0.2) is 4.98 Å². The van der Waals surface area contributed by atoms with Crippen LogP contribution in [-0.2, 0) is 13.0 Å². The third-order valence-corrected chi connectivity index (χ3v) is 5.33. The third-order valence-electron chi connectivity index (χ3n) is 4.20. The lowest BCUT2D eigenvalue weighted by Crippen LogP contribution is -2.38. The van der Waals surface area contributed by atoms with Crippen molar-refractivity contribution in [1.29, 1.82) is 0 Å². The average Bonchev–Trinajstić information content (AvgIpc) is 3.06. The molecule has 1 atom stereocenters. The van der Waals surface area contributed by atoms with Gasteiger partial charge in [0.15, 0.2) is 5.96 Å². The fourth-order valence-corrected chi connectivity index (χ4v) is 3.67. The van der Waals surface area contributed by atoms with E-state index in [1.165, 1.54) is 15.6 Å². The summed E-state index contributed by atoms with van der Waals surface area (Å²) < 4.78 is 2.07. The molecule has 0 aliphatic heterocycles. The van der Waals surface area contributed by atoms with Crippen molar-refractivity contribution in [3.8, 4) is 0 Å². The predicted molar refractivity (Wildman–Crippen MR) is 110 cm³/mol. The largest absolute Gasteiger partial charge is 0.357 e. The highest BCUT2D eigenvalue weighted by atomic mass is 32.1. The van der Waals surface area contributed by atoms with Crippen molar-refractivity contribution >= 4 is 17.3 Å². The minimum atomic E-state index is 0.424. The summed E-state index contributed by atoms with van der Waals surface area (Å²) in [6.45, 7) is 16.0. The quantitative estimate of drug-likeness (QED) is 0.549. The molecule has 26 heavy (non-hydrogen) atoms. The van der Waals surface area contributed by atoms with Gasteiger partial charge in [-0.15, -0.1) is 11.3 Å². The minimum Gasteiger partial charge on any atom is -0.357 e. The van der Waals surface area contributed by atoms with Gasteiger partial charge >= 0.3 is 0 Å². The predicted octanol–water partition coefficient (Wildman–Crippen LogP) is 3.01. The summed E-state index contributed by atoms with van der Waals surface area (Å²) >= 11 is 1.78. The van der Waals surface area contributed by atoms with Crippen LogP contribution >= 0.6 is 11.3 Å². The van der Waals surface area contributed by atoms with E-state index < -0.39 is 0 Å². The van der Waals surface area contributed by atoms with Crippen molar-refractivity contribution in [1.82, 2.24) is 25.4 Å². The molecular formula is C19H32N6S. The zero-order valence-electron chi connectivity index (χ0n) is 16.9. The summed E-state index contributed by atoms with van der Waals surface area (Å²) in [6, 6.07) is 2.11. The Hall–Kier alpha value is -1.89. The standard InChI is InChI=1S/C19H32N6S/c1-7-20-19(21-9-8-18-23-16(5)17(6)26-18)22-11-13(2)12-25-15(4)10-14(3)24-25/h10,13H,7-9,11-12H2,1-6H3,(H2,20,21,22). The highest BCUT2D eigenvalue weighted by molar-refractivity contribution is 7.11. The molecule has 0 aliphatic carbocycles. The van der Waals surface area contributed by atoms with E-state index in [2.05, 4.69) is 66.1 Å². The maximum atomic E-state index is 4.74. The van der Waals surface area contributed by atoms with E-state index in [1.54, 1.807) is 11.3 Å². The third kappa shape index (κ3) is 6.12. The number of aromatic nitrogens is 3. The van der Waals surface area contributed by atoms with Gasteiger partial charge in [0.2, 0.25) is 0 Å². The number of nitrogens with one attached hydrogen (secondary N) is 2. The number of guanidine groups is 1. The molecule has 0 saturated carbocycles. The summed E-state index contributed by atoms with van der Waals surface area (Å²) in [4.78, 5) is 10.6. The first-order chi connectivity index (χ1) is 12.4. The molecule has 2 aromatic rings. The number of hydrogen-bond acceptors (Lipinski definition) is 4. The van der Waals surface area contributed by atoms with Crippen molar-refractivity contribution < 1.29 is 0 Å². The van der Waals surface area contributed by atoms with Gasteiger partial charge in [0, 0.05) is 43.2 Å². The lowest BCUT2D eigenvalue weighted by Gasteiger charge is -2.14. The zero-order chi connectivity index (χ0) is 19.1. The smallest absolute Gasteiger partial charge is 0.191 e. The van der Waals surface area contributed by atoms with Crippen LogP contribution in [0.25, 0.3) is 0 Å². The molecule has 0 radical (unpaired) electrons. The van der Waals surface area contributed by atoms with E-state index in [9.17, 15) is 0 Å². The van der Waals surface area contributed by atoms with Crippen molar-refractivity contribution in [2.45, 2.75) is 54.5 Å². The van der Waals surface area contributed by atoms with Crippen molar-refractivity contribution in [2.24, 2.45) is 10.9 Å². The second-order valence-electron chi connectivity index (χ2n) is 6.86. The Labute approximate surface area is 161 Å². The highest BCUT2D eigenvalue weighted by Crippen LogP contribution is 2.16. The van der Waals surface area contributed by atoms with Crippen LogP contribution in [0.2, 0.25) is 0 Å². The van der Waals surface area contributed by atoms with Gasteiger partial charge in [-0.1, -0.05) is 6.92 Å². The van der Waals surface area contributed by atoms with Crippen molar-refractivity contribution in [3.63, 3.8) is 0 Å². The Morgan fingerprint density at radius 1 is 1.27 bits per heavy atom. The van der Waals surface area contributed by atoms with Gasteiger partial charge in [0.1, 0.15) is 0 Å². The Balaban J connectivity index is 1.83. The SMILES string of the molecule is CCNC(=NCC(C)Cn1nc(C)cc1C)NCCc1nc(C)c(C)s1. The fraction of sp³-hybridized carbons (Fsp3) is 0.632. The lowest BCUT2D eigenvalue weighted by molar-refractivity contribution is 0.449. The number of hydrogen-bond donors (Lipinski definition) is 2. The summed E-state index contributed by atoms with van der Waals surface area (Å²) in [5, 5.41) is 12.5. The monoisotopic (exact) mass is 376 g/mol. The van der Waals surface area contributed by atoms with Crippen molar-refractivity contribution in [3.05, 3.63) is 33.0 Å². The number of nitrogens with zero attached hydrogens (tertiary/aromatic N) is 4. The van der Waals surface area contributed by atoms with Gasteiger partial charge in [0.25, 0.3) is 0 Å². The number of aliphatic imine (C=N–C) groups is 1. The summed E-state index contributed by atoms with van der Waals surface area (Å²) in [5.41, 5.74) is 3.42. The molecule has 144 valence electrons. The van der Waals surface area contributed by atoms with Crippen LogP contribution in [0.4, 0.5) is 0 Å². The van der Waals surface area contributed by atoms with Crippen LogP contribution in [0.5, 0.6) is 0 Å². The first-order valence-electron chi connectivity index (χ1n) is 9.35. The second-order valence-corrected chi connectivity index (χ2v) is 8.15. The zero-order valence-corrected chi connectivity index (χ0v) is 17.7. The molecule has 7 heteroatoms. The molecule has 2 N–H and O–H groups in total. The van der Waals surface area contributed by atoms with Gasteiger partial charge in [-0.05, 0) is 46.6 Å². The minimum absolute atomic E-state index is 0.424. The molecule has 2 aromatic heterocycles. The van der Waals surface area contributed by atoms with Gasteiger partial charge in [-0.2, -0.15) is 5.10 Å². The van der Waals surface area contributed by atoms with Crippen molar-refractivity contribution in [2.75, 3.05) is 19.6 Å². The molecule has 1 unspecified atom stereocenters. The summed E-state index contributed by atoms with van der Waals surface area (Å²) in [5.74, 6) is 1.30. The Morgan fingerprint density at radius 2 is 2.04 bits per heavy atom. The lowest BCUT2D eigenvalue weighted by atomic mass is 10.2. The van der Waals surface area contributed by atoms with E-state index in [-0.39, 0.29) is 0 Å². The fourth-order valence-electron chi connectivity index (χ4n) is 2.74. The molecule has 6 nitrogen and oxygen atoms in total. The van der Waals surface area contributed by atoms with E-state index in [0.29, 0.717) is 5.92 Å². The van der Waals surface area contributed by atoms with Crippen LogP contribution in [0.3, 0.4) is 0 Å². The molecule has 0 saturated heterocycles.